The fraction of sp³-hybridized carbons (Fsp3) is 0.235. The van der Waals surface area contributed by atoms with Crippen LogP contribution in [0.3, 0.4) is 0 Å². The molecule has 0 spiro atoms. The predicted molar refractivity (Wildman–Crippen MR) is 91.2 cm³/mol. The van der Waals surface area contributed by atoms with E-state index in [1.54, 1.807) is 18.2 Å². The van der Waals surface area contributed by atoms with Gasteiger partial charge in [0.25, 0.3) is 5.91 Å². The molecular formula is C17H17Cl2NO3. The maximum Gasteiger partial charge on any atom is 0.253 e. The lowest BCUT2D eigenvalue weighted by molar-refractivity contribution is -0.131. The van der Waals surface area contributed by atoms with E-state index in [1.807, 2.05) is 30.3 Å². The van der Waals surface area contributed by atoms with E-state index >= 15 is 0 Å². The average molecular weight is 354 g/mol. The molecule has 1 amide bonds. The van der Waals surface area contributed by atoms with Crippen LogP contribution in [0, 0.1) is 0 Å². The smallest absolute Gasteiger partial charge is 0.253 e. The molecule has 0 fully saturated rings. The molecule has 0 saturated heterocycles. The molecule has 0 unspecified atom stereocenters. The van der Waals surface area contributed by atoms with Crippen molar-refractivity contribution in [2.75, 3.05) is 20.3 Å². The fourth-order valence-electron chi connectivity index (χ4n) is 2.05. The van der Waals surface area contributed by atoms with Crippen molar-refractivity contribution in [3.8, 4) is 5.75 Å². The first-order valence-electron chi connectivity index (χ1n) is 7.05. The SMILES string of the molecule is CO[C@H](C(=O)NCCOc1cccc(Cl)c1Cl)c1ccccc1. The van der Waals surface area contributed by atoms with Gasteiger partial charge in [0.15, 0.2) is 6.10 Å². The largest absolute Gasteiger partial charge is 0.490 e. The first kappa shape index (κ1) is 17.6. The summed E-state index contributed by atoms with van der Waals surface area (Å²) in [6.07, 6.45) is -0.647. The molecule has 0 aliphatic rings. The van der Waals surface area contributed by atoms with Crippen molar-refractivity contribution in [2.45, 2.75) is 6.10 Å². The number of amides is 1. The number of rotatable bonds is 7. The Balaban J connectivity index is 1.83. The highest BCUT2D eigenvalue weighted by atomic mass is 35.5. The van der Waals surface area contributed by atoms with Crippen molar-refractivity contribution < 1.29 is 14.3 Å². The number of methoxy groups -OCH3 is 1. The number of hydrogen-bond donors (Lipinski definition) is 1. The topological polar surface area (TPSA) is 47.6 Å². The van der Waals surface area contributed by atoms with Gasteiger partial charge in [0.2, 0.25) is 0 Å². The van der Waals surface area contributed by atoms with Gasteiger partial charge < -0.3 is 14.8 Å². The predicted octanol–water partition coefficient (Wildman–Crippen LogP) is 3.88. The van der Waals surface area contributed by atoms with Gasteiger partial charge in [-0.25, -0.2) is 0 Å². The van der Waals surface area contributed by atoms with Crippen LogP contribution in [-0.2, 0) is 9.53 Å². The second kappa shape index (κ2) is 8.77. The molecule has 0 aliphatic carbocycles. The highest BCUT2D eigenvalue weighted by Gasteiger charge is 2.19. The molecule has 1 atom stereocenters. The summed E-state index contributed by atoms with van der Waals surface area (Å²) >= 11 is 11.9. The molecule has 0 radical (unpaired) electrons. The van der Waals surface area contributed by atoms with Gasteiger partial charge in [0, 0.05) is 7.11 Å². The lowest BCUT2D eigenvalue weighted by Gasteiger charge is -2.16. The molecule has 6 heteroatoms. The van der Waals surface area contributed by atoms with Gasteiger partial charge >= 0.3 is 0 Å². The Morgan fingerprint density at radius 2 is 1.87 bits per heavy atom. The molecule has 0 bridgehead atoms. The van der Waals surface area contributed by atoms with Crippen molar-refractivity contribution in [3.05, 3.63) is 64.1 Å². The first-order valence-corrected chi connectivity index (χ1v) is 7.81. The van der Waals surface area contributed by atoms with E-state index in [-0.39, 0.29) is 12.5 Å². The highest BCUT2D eigenvalue weighted by Crippen LogP contribution is 2.31. The van der Waals surface area contributed by atoms with Crippen LogP contribution in [0.1, 0.15) is 11.7 Å². The van der Waals surface area contributed by atoms with Crippen molar-refractivity contribution in [1.29, 1.82) is 0 Å². The van der Waals surface area contributed by atoms with Crippen LogP contribution in [0.2, 0.25) is 10.0 Å². The van der Waals surface area contributed by atoms with Gasteiger partial charge in [-0.3, -0.25) is 4.79 Å². The summed E-state index contributed by atoms with van der Waals surface area (Å²) in [5, 5.41) is 3.56. The monoisotopic (exact) mass is 353 g/mol. The molecule has 2 aromatic rings. The van der Waals surface area contributed by atoms with E-state index in [2.05, 4.69) is 5.32 Å². The van der Waals surface area contributed by atoms with E-state index in [4.69, 9.17) is 32.7 Å². The number of benzene rings is 2. The van der Waals surface area contributed by atoms with E-state index < -0.39 is 6.10 Å². The molecule has 2 rings (SSSR count). The molecular weight excluding hydrogens is 337 g/mol. The third kappa shape index (κ3) is 4.86. The van der Waals surface area contributed by atoms with Gasteiger partial charge in [-0.05, 0) is 17.7 Å². The lowest BCUT2D eigenvalue weighted by atomic mass is 10.1. The summed E-state index contributed by atoms with van der Waals surface area (Å²) < 4.78 is 10.8. The third-order valence-corrected chi connectivity index (χ3v) is 3.95. The second-order valence-electron chi connectivity index (χ2n) is 4.72. The van der Waals surface area contributed by atoms with E-state index in [9.17, 15) is 4.79 Å². The summed E-state index contributed by atoms with van der Waals surface area (Å²) in [5.74, 6) is 0.263. The van der Waals surface area contributed by atoms with Crippen molar-refractivity contribution >= 4 is 29.1 Å². The zero-order valence-corrected chi connectivity index (χ0v) is 14.1. The number of halogens is 2. The number of nitrogens with one attached hydrogen (secondary N) is 1. The van der Waals surface area contributed by atoms with Crippen LogP contribution in [0.25, 0.3) is 0 Å². The van der Waals surface area contributed by atoms with Gasteiger partial charge in [-0.15, -0.1) is 0 Å². The Morgan fingerprint density at radius 1 is 1.13 bits per heavy atom. The Morgan fingerprint density at radius 3 is 2.57 bits per heavy atom. The summed E-state index contributed by atoms with van der Waals surface area (Å²) in [6, 6.07) is 14.4. The van der Waals surface area contributed by atoms with Gasteiger partial charge in [0.05, 0.1) is 11.6 Å². The van der Waals surface area contributed by atoms with E-state index in [0.29, 0.717) is 22.3 Å². The highest BCUT2D eigenvalue weighted by molar-refractivity contribution is 6.42. The Bertz CT molecular complexity index is 650. The fourth-order valence-corrected chi connectivity index (χ4v) is 2.39. The second-order valence-corrected chi connectivity index (χ2v) is 5.50. The quantitative estimate of drug-likeness (QED) is 0.768. The van der Waals surface area contributed by atoms with Crippen molar-refractivity contribution in [2.24, 2.45) is 0 Å². The average Bonchev–Trinajstić information content (AvgIpc) is 2.57. The minimum Gasteiger partial charge on any atom is -0.490 e. The molecule has 0 aromatic heterocycles. The van der Waals surface area contributed by atoms with Crippen LogP contribution in [-0.4, -0.2) is 26.2 Å². The van der Waals surface area contributed by atoms with Gasteiger partial charge in [-0.2, -0.15) is 0 Å². The summed E-state index contributed by atoms with van der Waals surface area (Å²) in [7, 11) is 1.50. The van der Waals surface area contributed by atoms with Crippen LogP contribution < -0.4 is 10.1 Å². The minimum absolute atomic E-state index is 0.223. The zero-order chi connectivity index (χ0) is 16.7. The van der Waals surface area contributed by atoms with Crippen molar-refractivity contribution in [1.82, 2.24) is 5.32 Å². The van der Waals surface area contributed by atoms with Crippen LogP contribution in [0.5, 0.6) is 5.75 Å². The van der Waals surface area contributed by atoms with Crippen LogP contribution in [0.4, 0.5) is 0 Å². The lowest BCUT2D eigenvalue weighted by Crippen LogP contribution is -2.33. The zero-order valence-electron chi connectivity index (χ0n) is 12.6. The number of ether oxygens (including phenoxy) is 2. The van der Waals surface area contributed by atoms with Crippen LogP contribution in [0.15, 0.2) is 48.5 Å². The molecule has 122 valence electrons. The minimum atomic E-state index is -0.647. The summed E-state index contributed by atoms with van der Waals surface area (Å²) in [6.45, 7) is 0.603. The van der Waals surface area contributed by atoms with E-state index in [0.717, 1.165) is 5.56 Å². The van der Waals surface area contributed by atoms with Gasteiger partial charge in [-0.1, -0.05) is 59.6 Å². The standard InChI is InChI=1S/C17H17Cl2NO3/c1-22-16(12-6-3-2-4-7-12)17(21)20-10-11-23-14-9-5-8-13(18)15(14)19/h2-9,16H,10-11H2,1H3,(H,20,21)/t16-/m0/s1. The first-order chi connectivity index (χ1) is 11.1. The molecule has 4 nitrogen and oxygen atoms in total. The maximum absolute atomic E-state index is 12.2. The number of carbonyl (C=O) groups is 1. The molecule has 1 N–H and O–H groups in total. The molecule has 23 heavy (non-hydrogen) atoms. The summed E-state index contributed by atoms with van der Waals surface area (Å²) in [5.41, 5.74) is 0.798. The third-order valence-electron chi connectivity index (χ3n) is 3.15. The van der Waals surface area contributed by atoms with Gasteiger partial charge in [0.1, 0.15) is 17.4 Å². The Kier molecular flexibility index (Phi) is 6.71. The molecule has 0 saturated carbocycles. The molecule has 0 aliphatic heterocycles. The number of carbonyl (C=O) groups excluding carboxylic acids is 1. The number of hydrogen-bond acceptors (Lipinski definition) is 3. The molecule has 2 aromatic carbocycles. The Labute approximate surface area is 145 Å². The Hall–Kier alpha value is -1.75. The van der Waals surface area contributed by atoms with E-state index in [1.165, 1.54) is 7.11 Å². The normalized spacial score (nSPS) is 11.8. The maximum atomic E-state index is 12.2. The summed E-state index contributed by atoms with van der Waals surface area (Å²) in [4.78, 5) is 12.2. The van der Waals surface area contributed by atoms with Crippen LogP contribution >= 0.6 is 23.2 Å². The van der Waals surface area contributed by atoms with Crippen molar-refractivity contribution in [3.63, 3.8) is 0 Å². The molecule has 0 heterocycles.